The quantitative estimate of drug-likeness (QED) is 0.289. The van der Waals surface area contributed by atoms with Crippen molar-refractivity contribution >= 4 is 5.71 Å². The Kier molecular flexibility index (Phi) is 6.53. The second-order valence-electron chi connectivity index (χ2n) is 8.75. The molecule has 176 valence electrons. The van der Waals surface area contributed by atoms with Gasteiger partial charge in [0.2, 0.25) is 5.95 Å². The molecule has 0 bridgehead atoms. The third-order valence-corrected chi connectivity index (χ3v) is 6.14. The van der Waals surface area contributed by atoms with Crippen molar-refractivity contribution in [3.05, 3.63) is 89.0 Å². The number of aromatic nitrogens is 3. The number of rotatable bonds is 7. The first-order valence-corrected chi connectivity index (χ1v) is 11.4. The smallest absolute Gasteiger partial charge is 0.212 e. The van der Waals surface area contributed by atoms with Gasteiger partial charge in [0.05, 0.1) is 0 Å². The van der Waals surface area contributed by atoms with Gasteiger partial charge in [-0.05, 0) is 74.5 Å². The fourth-order valence-electron chi connectivity index (χ4n) is 4.04. The fourth-order valence-corrected chi connectivity index (χ4v) is 4.04. The zero-order valence-electron chi connectivity index (χ0n) is 18.5. The van der Waals surface area contributed by atoms with E-state index in [4.69, 9.17) is 4.84 Å². The number of oxime groups is 1. The first-order chi connectivity index (χ1) is 16.5. The average Bonchev–Trinajstić information content (AvgIpc) is 3.68. The molecule has 6 nitrogen and oxygen atoms in total. The molecule has 2 fully saturated rings. The van der Waals surface area contributed by atoms with Gasteiger partial charge in [-0.25, -0.2) is 23.7 Å². The first-order valence-electron chi connectivity index (χ1n) is 11.4. The van der Waals surface area contributed by atoms with E-state index in [1.165, 1.54) is 12.1 Å². The molecule has 1 saturated carbocycles. The molecule has 0 N–H and O–H groups in total. The molecular weight excluding hydrogens is 443 g/mol. The van der Waals surface area contributed by atoms with Crippen LogP contribution in [0.1, 0.15) is 54.1 Å². The fraction of sp³-hybridized carbons (Fsp3) is 0.360. The van der Waals surface area contributed by atoms with Crippen LogP contribution in [0.25, 0.3) is 0 Å². The van der Waals surface area contributed by atoms with Crippen LogP contribution in [0.4, 0.5) is 13.2 Å². The van der Waals surface area contributed by atoms with Gasteiger partial charge in [0.25, 0.3) is 0 Å². The van der Waals surface area contributed by atoms with Crippen molar-refractivity contribution in [3.8, 4) is 0 Å². The van der Waals surface area contributed by atoms with E-state index >= 15 is 0 Å². The lowest BCUT2D eigenvalue weighted by molar-refractivity contribution is 0.129. The summed E-state index contributed by atoms with van der Waals surface area (Å²) in [5, 5.41) is 4.15. The van der Waals surface area contributed by atoms with E-state index in [1.807, 2.05) is 6.07 Å². The van der Waals surface area contributed by atoms with E-state index in [1.54, 1.807) is 18.6 Å². The molecule has 9 heteroatoms. The highest BCUT2D eigenvalue weighted by Gasteiger charge is 2.25. The molecule has 2 aromatic heterocycles. The maximum absolute atomic E-state index is 13.8. The molecule has 0 atom stereocenters. The van der Waals surface area contributed by atoms with Gasteiger partial charge in [0.15, 0.2) is 23.2 Å². The van der Waals surface area contributed by atoms with E-state index in [0.29, 0.717) is 18.0 Å². The molecule has 0 spiro atoms. The second kappa shape index (κ2) is 9.89. The van der Waals surface area contributed by atoms with Crippen molar-refractivity contribution in [2.45, 2.75) is 44.2 Å². The van der Waals surface area contributed by atoms with Gasteiger partial charge in [-0.15, -0.1) is 0 Å². The molecule has 34 heavy (non-hydrogen) atoms. The van der Waals surface area contributed by atoms with Crippen LogP contribution in [0.2, 0.25) is 0 Å². The van der Waals surface area contributed by atoms with Crippen molar-refractivity contribution < 1.29 is 18.0 Å². The highest BCUT2D eigenvalue weighted by molar-refractivity contribution is 6.10. The summed E-state index contributed by atoms with van der Waals surface area (Å²) in [5.74, 6) is -1.68. The Hall–Kier alpha value is -3.33. The number of halogens is 3. The van der Waals surface area contributed by atoms with Gasteiger partial charge >= 0.3 is 0 Å². The van der Waals surface area contributed by atoms with E-state index in [9.17, 15) is 13.2 Å². The van der Waals surface area contributed by atoms with Gasteiger partial charge in [0, 0.05) is 36.3 Å². The number of hydrogen-bond donors (Lipinski definition) is 0. The molecule has 0 amide bonds. The standard InChI is InChI=1S/C25H24F3N5O/c26-21-5-1-18(11-22(21)27)24(32-34-20-3-4-20)25-30-12-16(13-31-25)15-33-9-7-17(8-10-33)19-2-6-23(28)29-14-19/h1-2,5-6,11-14,17,20H,3-4,7-10,15H2/b32-24+. The Bertz CT molecular complexity index is 1160. The van der Waals surface area contributed by atoms with Crippen LogP contribution in [0.15, 0.2) is 54.1 Å². The Morgan fingerprint density at radius 3 is 2.32 bits per heavy atom. The highest BCUT2D eigenvalue weighted by Crippen LogP contribution is 2.28. The number of pyridine rings is 1. The predicted octanol–water partition coefficient (Wildman–Crippen LogP) is 4.60. The summed E-state index contributed by atoms with van der Waals surface area (Å²) < 4.78 is 40.3. The Labute approximate surface area is 195 Å². The summed E-state index contributed by atoms with van der Waals surface area (Å²) >= 11 is 0. The highest BCUT2D eigenvalue weighted by atomic mass is 19.2. The zero-order valence-corrected chi connectivity index (χ0v) is 18.5. The van der Waals surface area contributed by atoms with Crippen molar-refractivity contribution in [1.82, 2.24) is 19.9 Å². The minimum atomic E-state index is -0.965. The number of benzene rings is 1. The molecule has 1 aliphatic carbocycles. The normalized spacial score (nSPS) is 17.7. The van der Waals surface area contributed by atoms with E-state index in [-0.39, 0.29) is 17.6 Å². The van der Waals surface area contributed by atoms with Crippen molar-refractivity contribution in [3.63, 3.8) is 0 Å². The maximum atomic E-state index is 13.8. The summed E-state index contributed by atoms with van der Waals surface area (Å²) in [4.78, 5) is 20.4. The Morgan fingerprint density at radius 2 is 1.68 bits per heavy atom. The molecule has 1 aliphatic heterocycles. The minimum absolute atomic E-state index is 0.0492. The summed E-state index contributed by atoms with van der Waals surface area (Å²) in [6, 6.07) is 6.79. The maximum Gasteiger partial charge on any atom is 0.212 e. The van der Waals surface area contributed by atoms with E-state index < -0.39 is 17.6 Å². The topological polar surface area (TPSA) is 63.5 Å². The van der Waals surface area contributed by atoms with Crippen LogP contribution >= 0.6 is 0 Å². The summed E-state index contributed by atoms with van der Waals surface area (Å²) in [6.07, 6.45) is 8.91. The van der Waals surface area contributed by atoms with Crippen molar-refractivity contribution in [2.24, 2.45) is 5.16 Å². The number of hydrogen-bond acceptors (Lipinski definition) is 6. The molecule has 2 aliphatic rings. The van der Waals surface area contributed by atoms with Crippen LogP contribution < -0.4 is 0 Å². The lowest BCUT2D eigenvalue weighted by Gasteiger charge is -2.31. The third kappa shape index (κ3) is 5.41. The minimum Gasteiger partial charge on any atom is -0.392 e. The third-order valence-electron chi connectivity index (χ3n) is 6.14. The molecule has 1 saturated heterocycles. The second-order valence-corrected chi connectivity index (χ2v) is 8.75. The molecule has 3 heterocycles. The zero-order chi connectivity index (χ0) is 23.5. The van der Waals surface area contributed by atoms with E-state index in [0.717, 1.165) is 62.0 Å². The van der Waals surface area contributed by atoms with E-state index in [2.05, 4.69) is 25.0 Å². The van der Waals surface area contributed by atoms with Crippen LogP contribution in [0.3, 0.4) is 0 Å². The van der Waals surface area contributed by atoms with Crippen LogP contribution in [0, 0.1) is 17.6 Å². The van der Waals surface area contributed by atoms with Crippen LogP contribution in [-0.4, -0.2) is 44.8 Å². The number of likely N-dealkylation sites (tertiary alicyclic amines) is 1. The monoisotopic (exact) mass is 467 g/mol. The van der Waals surface area contributed by atoms with Gasteiger partial charge in [-0.3, -0.25) is 4.90 Å². The van der Waals surface area contributed by atoms with Gasteiger partial charge in [-0.1, -0.05) is 11.2 Å². The summed E-state index contributed by atoms with van der Waals surface area (Å²) in [7, 11) is 0. The van der Waals surface area contributed by atoms with Crippen molar-refractivity contribution in [1.29, 1.82) is 0 Å². The van der Waals surface area contributed by atoms with Crippen LogP contribution in [-0.2, 0) is 11.4 Å². The lowest BCUT2D eigenvalue weighted by Crippen LogP contribution is -2.32. The van der Waals surface area contributed by atoms with Crippen LogP contribution in [0.5, 0.6) is 0 Å². The number of piperidine rings is 1. The van der Waals surface area contributed by atoms with Gasteiger partial charge < -0.3 is 4.84 Å². The largest absolute Gasteiger partial charge is 0.392 e. The molecular formula is C25H24F3N5O. The summed E-state index contributed by atoms with van der Waals surface area (Å²) in [5.41, 5.74) is 2.64. The predicted molar refractivity (Wildman–Crippen MR) is 120 cm³/mol. The van der Waals surface area contributed by atoms with Gasteiger partial charge in [-0.2, -0.15) is 4.39 Å². The molecule has 3 aromatic rings. The van der Waals surface area contributed by atoms with Gasteiger partial charge in [0.1, 0.15) is 6.10 Å². The average molecular weight is 467 g/mol. The Balaban J connectivity index is 1.24. The molecule has 0 unspecified atom stereocenters. The molecule has 5 rings (SSSR count). The summed E-state index contributed by atoms with van der Waals surface area (Å²) in [6.45, 7) is 2.51. The first kappa shape index (κ1) is 22.5. The number of nitrogens with zero attached hydrogens (tertiary/aromatic N) is 5. The SMILES string of the molecule is Fc1ccc(C2CCN(Cc3cnc(/C(=N/OC4CC4)c4ccc(F)c(F)c4)nc3)CC2)cn1. The van der Waals surface area contributed by atoms with Crippen molar-refractivity contribution in [2.75, 3.05) is 13.1 Å². The molecule has 0 radical (unpaired) electrons. The Morgan fingerprint density at radius 1 is 0.912 bits per heavy atom. The lowest BCUT2D eigenvalue weighted by atomic mass is 9.90. The molecule has 1 aromatic carbocycles.